The van der Waals surface area contributed by atoms with Gasteiger partial charge < -0.3 is 4.74 Å². The Bertz CT molecular complexity index is 1270. The third kappa shape index (κ3) is 5.01. The maximum absolute atomic E-state index is 13.1. The molecule has 3 aromatic rings. The van der Waals surface area contributed by atoms with Gasteiger partial charge in [-0.3, -0.25) is 10.1 Å². The van der Waals surface area contributed by atoms with Crippen molar-refractivity contribution in [1.82, 2.24) is 9.29 Å². The molecule has 4 rings (SSSR count). The number of nitrogens with zero attached hydrogens (tertiary/aromatic N) is 2. The number of methoxy groups -OCH3 is 1. The summed E-state index contributed by atoms with van der Waals surface area (Å²) in [6.07, 6.45) is 3.62. The zero-order chi connectivity index (χ0) is 24.3. The molecule has 0 bridgehead atoms. The van der Waals surface area contributed by atoms with Gasteiger partial charge in [-0.2, -0.15) is 4.31 Å². The predicted molar refractivity (Wildman–Crippen MR) is 135 cm³/mol. The summed E-state index contributed by atoms with van der Waals surface area (Å²) in [6.45, 7) is 4.53. The molecule has 7 nitrogen and oxygen atoms in total. The van der Waals surface area contributed by atoms with Crippen LogP contribution in [0.25, 0.3) is 11.3 Å². The largest absolute Gasteiger partial charge is 0.496 e. The molecule has 2 aromatic carbocycles. The van der Waals surface area contributed by atoms with E-state index in [0.717, 1.165) is 48.3 Å². The smallest absolute Gasteiger partial charge is 0.257 e. The van der Waals surface area contributed by atoms with Crippen LogP contribution in [-0.2, 0) is 10.0 Å². The molecule has 2 heterocycles. The quantitative estimate of drug-likeness (QED) is 0.474. The normalized spacial score (nSPS) is 16.9. The van der Waals surface area contributed by atoms with Crippen LogP contribution in [0.15, 0.2) is 52.7 Å². The third-order valence-corrected chi connectivity index (χ3v) is 8.91. The maximum atomic E-state index is 13.1. The number of aryl methyl sites for hydroxylation is 1. The number of aromatic nitrogens is 1. The molecule has 1 aliphatic rings. The molecule has 1 fully saturated rings. The van der Waals surface area contributed by atoms with Gasteiger partial charge in [0, 0.05) is 29.1 Å². The first-order chi connectivity index (χ1) is 16.3. The Morgan fingerprint density at radius 3 is 2.65 bits per heavy atom. The van der Waals surface area contributed by atoms with Crippen LogP contribution in [-0.4, -0.2) is 43.3 Å². The van der Waals surface area contributed by atoms with Gasteiger partial charge in [0.15, 0.2) is 5.13 Å². The Hall–Kier alpha value is -2.75. The molecule has 180 valence electrons. The van der Waals surface area contributed by atoms with Gasteiger partial charge in [-0.15, -0.1) is 11.3 Å². The lowest BCUT2D eigenvalue weighted by atomic mass is 10.0. The highest BCUT2D eigenvalue weighted by Crippen LogP contribution is 2.30. The van der Waals surface area contributed by atoms with Crippen molar-refractivity contribution in [3.63, 3.8) is 0 Å². The fourth-order valence-electron chi connectivity index (χ4n) is 4.28. The zero-order valence-electron chi connectivity index (χ0n) is 19.6. The second kappa shape index (κ2) is 10.2. The van der Waals surface area contributed by atoms with Crippen LogP contribution in [0.1, 0.15) is 48.5 Å². The maximum Gasteiger partial charge on any atom is 0.257 e. The highest BCUT2D eigenvalue weighted by atomic mass is 32.2. The van der Waals surface area contributed by atoms with E-state index < -0.39 is 10.0 Å². The lowest BCUT2D eigenvalue weighted by molar-refractivity contribution is 0.102. The molecule has 1 amide bonds. The van der Waals surface area contributed by atoms with E-state index in [4.69, 9.17) is 4.74 Å². The second-order valence-electron chi connectivity index (χ2n) is 8.37. The summed E-state index contributed by atoms with van der Waals surface area (Å²) >= 11 is 1.34. The highest BCUT2D eigenvalue weighted by molar-refractivity contribution is 7.89. The predicted octanol–water partition coefficient (Wildman–Crippen LogP) is 5.33. The van der Waals surface area contributed by atoms with Crippen molar-refractivity contribution in [3.05, 3.63) is 59.0 Å². The number of nitrogens with one attached hydrogen (secondary N) is 1. The van der Waals surface area contributed by atoms with Crippen LogP contribution in [0.5, 0.6) is 5.75 Å². The number of rotatable bonds is 7. The molecule has 0 spiro atoms. The molecule has 0 aliphatic carbocycles. The fourth-order valence-corrected chi connectivity index (χ4v) is 6.76. The lowest BCUT2D eigenvalue weighted by Crippen LogP contribution is -2.43. The number of benzene rings is 2. The lowest BCUT2D eigenvalue weighted by Gasteiger charge is -2.34. The minimum atomic E-state index is -3.58. The van der Waals surface area contributed by atoms with E-state index >= 15 is 0 Å². The Morgan fingerprint density at radius 2 is 1.97 bits per heavy atom. The molecule has 1 N–H and O–H groups in total. The molecule has 1 aromatic heterocycles. The minimum Gasteiger partial charge on any atom is -0.496 e. The SMILES string of the molecule is CCC1CCCCN1S(=O)(=O)c1ccc(C(=O)Nc2nc(-c3ccc(OC)c(C)c3)cs2)cc1. The molecule has 1 aliphatic heterocycles. The average molecular weight is 500 g/mol. The van der Waals surface area contributed by atoms with E-state index in [1.165, 1.54) is 23.5 Å². The molecule has 34 heavy (non-hydrogen) atoms. The molecule has 0 radical (unpaired) electrons. The zero-order valence-corrected chi connectivity index (χ0v) is 21.2. The van der Waals surface area contributed by atoms with Gasteiger partial charge in [0.2, 0.25) is 10.0 Å². The van der Waals surface area contributed by atoms with E-state index in [9.17, 15) is 13.2 Å². The van der Waals surface area contributed by atoms with Crippen molar-refractivity contribution in [1.29, 1.82) is 0 Å². The topological polar surface area (TPSA) is 88.6 Å². The van der Waals surface area contributed by atoms with Gasteiger partial charge in [0.25, 0.3) is 5.91 Å². The molecule has 9 heteroatoms. The molecule has 1 atom stereocenters. The summed E-state index contributed by atoms with van der Waals surface area (Å²) in [6, 6.07) is 12.0. The Kier molecular flexibility index (Phi) is 7.35. The first-order valence-electron chi connectivity index (χ1n) is 11.4. The summed E-state index contributed by atoms with van der Waals surface area (Å²) in [7, 11) is -1.94. The number of thiazole rings is 1. The number of hydrogen-bond donors (Lipinski definition) is 1. The van der Waals surface area contributed by atoms with Crippen molar-refractivity contribution in [2.75, 3.05) is 19.0 Å². The third-order valence-electron chi connectivity index (χ3n) is 6.18. The van der Waals surface area contributed by atoms with Crippen LogP contribution in [0, 0.1) is 6.92 Å². The van der Waals surface area contributed by atoms with Gasteiger partial charge in [-0.05, 0) is 74.2 Å². The minimum absolute atomic E-state index is 0.0373. The Morgan fingerprint density at radius 1 is 1.21 bits per heavy atom. The summed E-state index contributed by atoms with van der Waals surface area (Å²) in [5, 5.41) is 5.17. The number of carbonyl (C=O) groups is 1. The van der Waals surface area contributed by atoms with Crippen molar-refractivity contribution in [2.24, 2.45) is 0 Å². The Labute approximate surface area is 204 Å². The standard InChI is InChI=1S/C25H29N3O4S2/c1-4-20-7-5-6-14-28(20)34(30,31)21-11-8-18(9-12-21)24(29)27-25-26-22(16-33-25)19-10-13-23(32-3)17(2)15-19/h8-13,15-16,20H,4-7,14H2,1-3H3,(H,26,27,29). The summed E-state index contributed by atoms with van der Waals surface area (Å²) < 4.78 is 33.2. The molecule has 0 saturated carbocycles. The van der Waals surface area contributed by atoms with E-state index in [0.29, 0.717) is 17.2 Å². The first-order valence-corrected chi connectivity index (χ1v) is 13.7. The van der Waals surface area contributed by atoms with Gasteiger partial charge in [-0.1, -0.05) is 13.3 Å². The van der Waals surface area contributed by atoms with Gasteiger partial charge >= 0.3 is 0 Å². The van der Waals surface area contributed by atoms with Crippen molar-refractivity contribution in [3.8, 4) is 17.0 Å². The van der Waals surface area contributed by atoms with Gasteiger partial charge in [-0.25, -0.2) is 13.4 Å². The molecular formula is C25H29N3O4S2. The summed E-state index contributed by atoms with van der Waals surface area (Å²) in [5.41, 5.74) is 3.08. The summed E-state index contributed by atoms with van der Waals surface area (Å²) in [4.78, 5) is 17.5. The first kappa shape index (κ1) is 24.4. The van der Waals surface area contributed by atoms with Crippen LogP contribution in [0.3, 0.4) is 0 Å². The number of hydrogen-bond acceptors (Lipinski definition) is 6. The van der Waals surface area contributed by atoms with Gasteiger partial charge in [0.1, 0.15) is 5.75 Å². The number of anilines is 1. The molecule has 1 unspecified atom stereocenters. The average Bonchev–Trinajstić information content (AvgIpc) is 3.32. The molecular weight excluding hydrogens is 470 g/mol. The number of carbonyl (C=O) groups excluding carboxylic acids is 1. The van der Waals surface area contributed by atoms with Crippen LogP contribution in [0.4, 0.5) is 5.13 Å². The second-order valence-corrected chi connectivity index (χ2v) is 11.1. The number of sulfonamides is 1. The van der Waals surface area contributed by atoms with E-state index in [1.54, 1.807) is 23.5 Å². The monoisotopic (exact) mass is 499 g/mol. The Balaban J connectivity index is 1.46. The van der Waals surface area contributed by atoms with E-state index in [2.05, 4.69) is 10.3 Å². The van der Waals surface area contributed by atoms with Crippen LogP contribution in [0.2, 0.25) is 0 Å². The number of amides is 1. The number of ether oxygens (including phenoxy) is 1. The van der Waals surface area contributed by atoms with Crippen molar-refractivity contribution >= 4 is 32.4 Å². The van der Waals surface area contributed by atoms with E-state index in [1.807, 2.05) is 37.4 Å². The molecule has 1 saturated heterocycles. The van der Waals surface area contributed by atoms with E-state index in [-0.39, 0.29) is 16.8 Å². The fraction of sp³-hybridized carbons (Fsp3) is 0.360. The summed E-state index contributed by atoms with van der Waals surface area (Å²) in [5.74, 6) is 0.476. The highest BCUT2D eigenvalue weighted by Gasteiger charge is 2.32. The van der Waals surface area contributed by atoms with Crippen molar-refractivity contribution < 1.29 is 17.9 Å². The van der Waals surface area contributed by atoms with Crippen molar-refractivity contribution in [2.45, 2.75) is 50.5 Å². The van der Waals surface area contributed by atoms with Gasteiger partial charge in [0.05, 0.1) is 17.7 Å². The van der Waals surface area contributed by atoms with Crippen LogP contribution >= 0.6 is 11.3 Å². The number of piperidine rings is 1. The van der Waals surface area contributed by atoms with Crippen LogP contribution < -0.4 is 10.1 Å².